The molecule has 0 saturated carbocycles. The van der Waals surface area contributed by atoms with Gasteiger partial charge in [0.25, 0.3) is 0 Å². The van der Waals surface area contributed by atoms with E-state index < -0.39 is 11.7 Å². The number of halogens is 3. The molecular weight excluding hydrogens is 431 g/mol. The summed E-state index contributed by atoms with van der Waals surface area (Å²) in [6.45, 7) is 21.6. The second-order valence-corrected chi connectivity index (χ2v) is 9.32. The van der Waals surface area contributed by atoms with E-state index in [0.717, 1.165) is 33.9 Å². The fraction of sp³-hybridized carbons (Fsp3) is 0.333. The van der Waals surface area contributed by atoms with Gasteiger partial charge in [0.05, 0.1) is 5.57 Å². The highest BCUT2D eigenvalue weighted by molar-refractivity contribution is 5.44. The molecule has 0 aliphatic heterocycles. The van der Waals surface area contributed by atoms with Crippen molar-refractivity contribution in [3.63, 3.8) is 0 Å². The first-order valence-corrected chi connectivity index (χ1v) is 11.3. The van der Waals surface area contributed by atoms with Crippen molar-refractivity contribution in [3.8, 4) is 0 Å². The lowest BCUT2D eigenvalue weighted by Crippen LogP contribution is -2.26. The fourth-order valence-corrected chi connectivity index (χ4v) is 3.19. The van der Waals surface area contributed by atoms with Gasteiger partial charge in [0.2, 0.25) is 0 Å². The third kappa shape index (κ3) is 8.74. The predicted molar refractivity (Wildman–Crippen MR) is 140 cm³/mol. The normalized spacial score (nSPS) is 11.8. The number of benzene rings is 2. The van der Waals surface area contributed by atoms with E-state index in [2.05, 4.69) is 51.4 Å². The zero-order valence-electron chi connectivity index (χ0n) is 21.5. The average molecular weight is 470 g/mol. The van der Waals surface area contributed by atoms with Crippen LogP contribution < -0.4 is 5.32 Å². The minimum absolute atomic E-state index is 0.137. The van der Waals surface area contributed by atoms with Gasteiger partial charge < -0.3 is 5.32 Å². The van der Waals surface area contributed by atoms with Crippen LogP contribution in [0.1, 0.15) is 56.9 Å². The van der Waals surface area contributed by atoms with Crippen molar-refractivity contribution in [2.24, 2.45) is 0 Å². The number of aryl methyl sites for hydroxylation is 2. The van der Waals surface area contributed by atoms with Crippen molar-refractivity contribution >= 4 is 0 Å². The Bertz CT molecular complexity index is 1030. The molecule has 0 aliphatic carbocycles. The molecule has 0 atom stereocenters. The molecule has 0 radical (unpaired) electrons. The lowest BCUT2D eigenvalue weighted by molar-refractivity contribution is -0.0898. The molecule has 2 aromatic rings. The van der Waals surface area contributed by atoms with Crippen molar-refractivity contribution in [2.75, 3.05) is 0 Å². The summed E-state index contributed by atoms with van der Waals surface area (Å²) in [5, 5.41) is 2.88. The lowest BCUT2D eigenvalue weighted by atomic mass is 9.76. The molecule has 0 aliphatic rings. The monoisotopic (exact) mass is 469 g/mol. The van der Waals surface area contributed by atoms with Crippen LogP contribution in [-0.2, 0) is 12.0 Å². The van der Waals surface area contributed by atoms with E-state index in [1.807, 2.05) is 50.2 Å². The van der Waals surface area contributed by atoms with Gasteiger partial charge in [0, 0.05) is 17.7 Å². The van der Waals surface area contributed by atoms with Crippen LogP contribution >= 0.6 is 0 Å². The molecule has 0 amide bonds. The zero-order valence-corrected chi connectivity index (χ0v) is 21.5. The van der Waals surface area contributed by atoms with Gasteiger partial charge in [-0.05, 0) is 57.4 Å². The van der Waals surface area contributed by atoms with Crippen LogP contribution in [0, 0.1) is 13.8 Å². The van der Waals surface area contributed by atoms with Crippen LogP contribution in [0.5, 0.6) is 0 Å². The molecule has 1 nitrogen and oxygen atoms in total. The van der Waals surface area contributed by atoms with E-state index in [9.17, 15) is 13.2 Å². The van der Waals surface area contributed by atoms with E-state index in [0.29, 0.717) is 0 Å². The molecule has 0 bridgehead atoms. The summed E-state index contributed by atoms with van der Waals surface area (Å²) in [4.78, 5) is 0. The molecule has 0 fully saturated rings. The number of hydrogen-bond acceptors (Lipinski definition) is 1. The Labute approximate surface area is 203 Å². The van der Waals surface area contributed by atoms with Gasteiger partial charge in [-0.1, -0.05) is 98.3 Å². The number of rotatable bonds is 7. The molecule has 0 aromatic heterocycles. The molecule has 0 heterocycles. The van der Waals surface area contributed by atoms with E-state index in [-0.39, 0.29) is 17.7 Å². The molecular formula is C30H38F3N. The van der Waals surface area contributed by atoms with Crippen molar-refractivity contribution in [1.82, 2.24) is 5.32 Å². The minimum atomic E-state index is -4.47. The summed E-state index contributed by atoms with van der Waals surface area (Å²) in [6.07, 6.45) is -1.96. The smallest absolute Gasteiger partial charge is 0.381 e. The summed E-state index contributed by atoms with van der Waals surface area (Å²) in [5.41, 5.74) is 4.95. The van der Waals surface area contributed by atoms with Gasteiger partial charge in [-0.15, -0.1) is 0 Å². The summed E-state index contributed by atoms with van der Waals surface area (Å²) in [6, 6.07) is 16.2. The first-order chi connectivity index (χ1) is 15.7. The fourth-order valence-electron chi connectivity index (χ4n) is 3.19. The Balaban J connectivity index is 0.000000700. The highest BCUT2D eigenvalue weighted by atomic mass is 19.4. The first kappa shape index (κ1) is 29.0. The molecule has 0 unspecified atom stereocenters. The van der Waals surface area contributed by atoms with Gasteiger partial charge in [-0.2, -0.15) is 13.2 Å². The number of alkyl halides is 3. The van der Waals surface area contributed by atoms with Crippen LogP contribution in [-0.4, -0.2) is 6.18 Å². The van der Waals surface area contributed by atoms with E-state index in [1.165, 1.54) is 11.6 Å². The maximum atomic E-state index is 13.4. The molecule has 0 spiro atoms. The summed E-state index contributed by atoms with van der Waals surface area (Å²) in [7, 11) is 0. The zero-order chi connectivity index (χ0) is 26.1. The van der Waals surface area contributed by atoms with E-state index in [4.69, 9.17) is 0 Å². The number of nitrogens with one attached hydrogen (secondary N) is 1. The number of hydrogen-bond donors (Lipinski definition) is 1. The topological polar surface area (TPSA) is 12.0 Å². The Morgan fingerprint density at radius 1 is 0.882 bits per heavy atom. The molecule has 184 valence electrons. The second-order valence-electron chi connectivity index (χ2n) is 9.32. The van der Waals surface area contributed by atoms with Crippen molar-refractivity contribution < 1.29 is 13.2 Å². The van der Waals surface area contributed by atoms with Crippen LogP contribution in [0.15, 0.2) is 96.3 Å². The highest BCUT2D eigenvalue weighted by Gasteiger charge is 2.35. The average Bonchev–Trinajstić information content (AvgIpc) is 2.72. The highest BCUT2D eigenvalue weighted by Crippen LogP contribution is 2.34. The quantitative estimate of drug-likeness (QED) is 0.315. The minimum Gasteiger partial charge on any atom is -0.381 e. The van der Waals surface area contributed by atoms with Crippen LogP contribution in [0.4, 0.5) is 13.2 Å². The molecule has 34 heavy (non-hydrogen) atoms. The van der Waals surface area contributed by atoms with Crippen LogP contribution in [0.3, 0.4) is 0 Å². The van der Waals surface area contributed by atoms with Gasteiger partial charge >= 0.3 is 6.18 Å². The third-order valence-corrected chi connectivity index (χ3v) is 5.78. The number of allylic oxidation sites excluding steroid dienone is 5. The Hall–Kier alpha value is -3.01. The molecule has 1 N–H and O–H groups in total. The van der Waals surface area contributed by atoms with E-state index >= 15 is 0 Å². The maximum absolute atomic E-state index is 13.4. The SMILES string of the molecule is C=C(NCc1c(C)cccc1C(C)(C)C(=C)C)/C(=C\C=C(C)C)C(F)(F)F.Cc1ccccc1. The molecule has 0 saturated heterocycles. The lowest BCUT2D eigenvalue weighted by Gasteiger charge is -2.30. The predicted octanol–water partition coefficient (Wildman–Crippen LogP) is 8.90. The summed E-state index contributed by atoms with van der Waals surface area (Å²) >= 11 is 0. The summed E-state index contributed by atoms with van der Waals surface area (Å²) in [5.74, 6) is 0. The van der Waals surface area contributed by atoms with Gasteiger partial charge in [0.1, 0.15) is 0 Å². The van der Waals surface area contributed by atoms with Crippen LogP contribution in [0.25, 0.3) is 0 Å². The largest absolute Gasteiger partial charge is 0.418 e. The van der Waals surface area contributed by atoms with Gasteiger partial charge in [0.15, 0.2) is 0 Å². The molecule has 2 aromatic carbocycles. The maximum Gasteiger partial charge on any atom is 0.418 e. The molecule has 4 heteroatoms. The van der Waals surface area contributed by atoms with Crippen molar-refractivity contribution in [2.45, 2.75) is 66.6 Å². The van der Waals surface area contributed by atoms with Crippen LogP contribution in [0.2, 0.25) is 0 Å². The third-order valence-electron chi connectivity index (χ3n) is 5.78. The van der Waals surface area contributed by atoms with Crippen molar-refractivity contribution in [1.29, 1.82) is 0 Å². The molecule has 2 rings (SSSR count). The van der Waals surface area contributed by atoms with Gasteiger partial charge in [-0.25, -0.2) is 0 Å². The first-order valence-electron chi connectivity index (χ1n) is 11.3. The summed E-state index contributed by atoms with van der Waals surface area (Å²) < 4.78 is 40.2. The van der Waals surface area contributed by atoms with E-state index in [1.54, 1.807) is 13.8 Å². The van der Waals surface area contributed by atoms with Crippen molar-refractivity contribution in [3.05, 3.63) is 119 Å². The Morgan fingerprint density at radius 3 is 1.91 bits per heavy atom. The van der Waals surface area contributed by atoms with Gasteiger partial charge in [-0.3, -0.25) is 0 Å². The Kier molecular flexibility index (Phi) is 10.6. The standard InChI is InChI=1S/C23H30F3N.C7H8/c1-15(2)12-13-20(23(24,25)26)18(6)27-14-19-17(5)10-9-11-21(19)22(7,8)16(3)4;1-7-5-3-2-4-6-7/h9-13,27H,3,6,14H2,1-2,4-5,7-8H3;2-6H,1H3/b20-13+;. The second kappa shape index (κ2) is 12.5. The Morgan fingerprint density at radius 2 is 1.47 bits per heavy atom.